The van der Waals surface area contributed by atoms with Crippen molar-refractivity contribution in [2.24, 2.45) is 0 Å². The summed E-state index contributed by atoms with van der Waals surface area (Å²) in [5.41, 5.74) is 1.99. The van der Waals surface area contributed by atoms with Gasteiger partial charge in [0.2, 0.25) is 10.0 Å². The lowest BCUT2D eigenvalue weighted by Crippen LogP contribution is -2.40. The molecule has 1 aromatic heterocycles. The van der Waals surface area contributed by atoms with E-state index in [4.69, 9.17) is 21.7 Å². The van der Waals surface area contributed by atoms with Gasteiger partial charge in [-0.3, -0.25) is 0 Å². The number of thiophene rings is 1. The Morgan fingerprint density at radius 2 is 1.77 bits per heavy atom. The molecule has 0 spiro atoms. The predicted molar refractivity (Wildman–Crippen MR) is 142 cm³/mol. The summed E-state index contributed by atoms with van der Waals surface area (Å²) < 4.78 is 37.5. The van der Waals surface area contributed by atoms with Crippen molar-refractivity contribution in [3.8, 4) is 10.4 Å². The number of rotatable bonds is 7. The standard InChI is InChI=1S/C24H25N3O5S3/c1-2-32-23(28)20-16-21(17-6-4-3-5-7-17)34-22(20)26-24(33)25-18-8-10-19(11-9-18)35(29,30)27-12-14-31-15-13-27/h3-11,16H,2,12-15H2,1H3,(H2,25,26,33). The van der Waals surface area contributed by atoms with Gasteiger partial charge in [-0.2, -0.15) is 4.31 Å². The van der Waals surface area contributed by atoms with Crippen molar-refractivity contribution in [3.63, 3.8) is 0 Å². The van der Waals surface area contributed by atoms with Gasteiger partial charge in [-0.05, 0) is 55.0 Å². The van der Waals surface area contributed by atoms with Crippen molar-refractivity contribution in [1.29, 1.82) is 0 Å². The number of nitrogens with one attached hydrogen (secondary N) is 2. The number of hydrogen-bond donors (Lipinski definition) is 2. The smallest absolute Gasteiger partial charge is 0.341 e. The molecule has 2 N–H and O–H groups in total. The highest BCUT2D eigenvalue weighted by molar-refractivity contribution is 7.89. The van der Waals surface area contributed by atoms with E-state index < -0.39 is 16.0 Å². The van der Waals surface area contributed by atoms with E-state index in [9.17, 15) is 13.2 Å². The van der Waals surface area contributed by atoms with E-state index in [1.165, 1.54) is 15.6 Å². The monoisotopic (exact) mass is 531 g/mol. The average molecular weight is 532 g/mol. The molecule has 0 aliphatic carbocycles. The molecule has 3 aromatic rings. The van der Waals surface area contributed by atoms with E-state index in [1.54, 1.807) is 37.3 Å². The van der Waals surface area contributed by atoms with Gasteiger partial charge in [-0.25, -0.2) is 13.2 Å². The lowest BCUT2D eigenvalue weighted by atomic mass is 10.1. The van der Waals surface area contributed by atoms with Crippen LogP contribution in [0.25, 0.3) is 10.4 Å². The van der Waals surface area contributed by atoms with Gasteiger partial charge in [-0.15, -0.1) is 11.3 Å². The molecule has 8 nitrogen and oxygen atoms in total. The Bertz CT molecular complexity index is 1290. The van der Waals surface area contributed by atoms with Crippen molar-refractivity contribution in [2.75, 3.05) is 43.5 Å². The van der Waals surface area contributed by atoms with E-state index in [0.29, 0.717) is 42.6 Å². The van der Waals surface area contributed by atoms with Crippen LogP contribution in [0.5, 0.6) is 0 Å². The van der Waals surface area contributed by atoms with Gasteiger partial charge in [0.1, 0.15) is 5.00 Å². The Kier molecular flexibility index (Phi) is 8.14. The largest absolute Gasteiger partial charge is 0.462 e. The number of morpholine rings is 1. The topological polar surface area (TPSA) is 97.0 Å². The number of sulfonamides is 1. The molecule has 2 heterocycles. The summed E-state index contributed by atoms with van der Waals surface area (Å²) in [5.74, 6) is -0.436. The fourth-order valence-corrected chi connectivity index (χ4v) is 6.25. The van der Waals surface area contributed by atoms with Crippen LogP contribution >= 0.6 is 23.6 Å². The Hall–Kier alpha value is -2.83. The van der Waals surface area contributed by atoms with Crippen LogP contribution < -0.4 is 10.6 Å². The molecule has 0 bridgehead atoms. The summed E-state index contributed by atoms with van der Waals surface area (Å²) in [6, 6.07) is 17.9. The second-order valence-electron chi connectivity index (χ2n) is 7.56. The van der Waals surface area contributed by atoms with Crippen LogP contribution in [0.1, 0.15) is 17.3 Å². The number of nitrogens with zero attached hydrogens (tertiary/aromatic N) is 1. The van der Waals surface area contributed by atoms with Gasteiger partial charge in [0, 0.05) is 23.7 Å². The first-order chi connectivity index (χ1) is 16.9. The Balaban J connectivity index is 1.48. The maximum atomic E-state index is 12.8. The van der Waals surface area contributed by atoms with Crippen LogP contribution in [0.3, 0.4) is 0 Å². The number of hydrogen-bond acceptors (Lipinski definition) is 7. The molecule has 1 fully saturated rings. The summed E-state index contributed by atoms with van der Waals surface area (Å²) in [4.78, 5) is 13.6. The predicted octanol–water partition coefficient (Wildman–Crippen LogP) is 4.42. The zero-order valence-electron chi connectivity index (χ0n) is 19.0. The Morgan fingerprint density at radius 1 is 1.09 bits per heavy atom. The molecule has 0 atom stereocenters. The fourth-order valence-electron chi connectivity index (χ4n) is 3.50. The molecule has 0 saturated carbocycles. The minimum absolute atomic E-state index is 0.208. The van der Waals surface area contributed by atoms with Gasteiger partial charge in [-0.1, -0.05) is 30.3 Å². The van der Waals surface area contributed by atoms with Crippen LogP contribution in [-0.4, -0.2) is 56.7 Å². The normalized spacial score (nSPS) is 14.3. The first-order valence-electron chi connectivity index (χ1n) is 11.0. The minimum atomic E-state index is -3.57. The SMILES string of the molecule is CCOC(=O)c1cc(-c2ccccc2)sc1NC(=S)Nc1ccc(S(=O)(=O)N2CCOCC2)cc1. The van der Waals surface area contributed by atoms with E-state index >= 15 is 0 Å². The quantitative estimate of drug-likeness (QED) is 0.342. The molecule has 2 aromatic carbocycles. The average Bonchev–Trinajstić information content (AvgIpc) is 3.29. The summed E-state index contributed by atoms with van der Waals surface area (Å²) in [7, 11) is -3.57. The number of anilines is 2. The molecule has 1 aliphatic rings. The van der Waals surface area contributed by atoms with Crippen molar-refractivity contribution >= 4 is 55.3 Å². The molecule has 4 rings (SSSR count). The molecule has 0 unspecified atom stereocenters. The second-order valence-corrected chi connectivity index (χ2v) is 11.0. The minimum Gasteiger partial charge on any atom is -0.462 e. The maximum Gasteiger partial charge on any atom is 0.341 e. The van der Waals surface area contributed by atoms with Gasteiger partial charge in [0.15, 0.2) is 5.11 Å². The van der Waals surface area contributed by atoms with Crippen LogP contribution in [-0.2, 0) is 19.5 Å². The summed E-state index contributed by atoms with van der Waals surface area (Å²) in [6.45, 7) is 3.47. The van der Waals surface area contributed by atoms with Crippen molar-refractivity contribution in [3.05, 3.63) is 66.2 Å². The lowest BCUT2D eigenvalue weighted by Gasteiger charge is -2.26. The van der Waals surface area contributed by atoms with Crippen LogP contribution in [0.15, 0.2) is 65.6 Å². The van der Waals surface area contributed by atoms with E-state index in [0.717, 1.165) is 10.4 Å². The van der Waals surface area contributed by atoms with Crippen LogP contribution in [0.4, 0.5) is 10.7 Å². The molecule has 11 heteroatoms. The zero-order valence-corrected chi connectivity index (χ0v) is 21.5. The number of carbonyl (C=O) groups excluding carboxylic acids is 1. The second kappa shape index (κ2) is 11.3. The van der Waals surface area contributed by atoms with Crippen molar-refractivity contribution < 1.29 is 22.7 Å². The zero-order chi connectivity index (χ0) is 24.8. The number of thiocarbonyl (C=S) groups is 1. The molecule has 35 heavy (non-hydrogen) atoms. The third-order valence-electron chi connectivity index (χ3n) is 5.23. The number of benzene rings is 2. The van der Waals surface area contributed by atoms with Crippen LogP contribution in [0, 0.1) is 0 Å². The van der Waals surface area contributed by atoms with Gasteiger partial charge in [0.25, 0.3) is 0 Å². The number of carbonyl (C=O) groups is 1. The summed E-state index contributed by atoms with van der Waals surface area (Å²) in [5, 5.41) is 6.95. The summed E-state index contributed by atoms with van der Waals surface area (Å²) >= 11 is 6.85. The molecule has 1 saturated heterocycles. The third-order valence-corrected chi connectivity index (χ3v) is 8.45. The van der Waals surface area contributed by atoms with Gasteiger partial charge < -0.3 is 20.1 Å². The third kappa shape index (κ3) is 6.06. The van der Waals surface area contributed by atoms with Gasteiger partial charge in [0.05, 0.1) is 30.3 Å². The highest BCUT2D eigenvalue weighted by atomic mass is 32.2. The highest BCUT2D eigenvalue weighted by Gasteiger charge is 2.26. The van der Waals surface area contributed by atoms with Crippen molar-refractivity contribution in [2.45, 2.75) is 11.8 Å². The maximum absolute atomic E-state index is 12.8. The van der Waals surface area contributed by atoms with Crippen molar-refractivity contribution in [1.82, 2.24) is 4.31 Å². The van der Waals surface area contributed by atoms with Gasteiger partial charge >= 0.3 is 5.97 Å². The van der Waals surface area contributed by atoms with E-state index in [-0.39, 0.29) is 16.6 Å². The van der Waals surface area contributed by atoms with Crippen LogP contribution in [0.2, 0.25) is 0 Å². The number of ether oxygens (including phenoxy) is 2. The lowest BCUT2D eigenvalue weighted by molar-refractivity contribution is 0.0528. The molecule has 184 valence electrons. The Morgan fingerprint density at radius 3 is 2.43 bits per heavy atom. The summed E-state index contributed by atoms with van der Waals surface area (Å²) in [6.07, 6.45) is 0. The van der Waals surface area contributed by atoms with E-state index in [2.05, 4.69) is 10.6 Å². The first-order valence-corrected chi connectivity index (χ1v) is 13.7. The molecule has 0 radical (unpaired) electrons. The molecule has 0 amide bonds. The highest BCUT2D eigenvalue weighted by Crippen LogP contribution is 2.36. The number of esters is 1. The first kappa shape index (κ1) is 25.3. The molecule has 1 aliphatic heterocycles. The molecular formula is C24H25N3O5S3. The van der Waals surface area contributed by atoms with E-state index in [1.807, 2.05) is 30.3 Å². The fraction of sp³-hybridized carbons (Fsp3) is 0.250. The Labute approximate surface area is 213 Å². The molecular weight excluding hydrogens is 506 g/mol.